The van der Waals surface area contributed by atoms with E-state index in [1.165, 1.54) is 4.90 Å². The number of alkyl halides is 3. The lowest BCUT2D eigenvalue weighted by Gasteiger charge is -2.31. The number of H-pyrrole nitrogens is 1. The fourth-order valence-corrected chi connectivity index (χ4v) is 3.77. The molecule has 1 aliphatic rings. The Kier molecular flexibility index (Phi) is 5.76. The SMILES string of the molecule is Cc1[nH]c(C2CCN(CC(F)(F)F)CC2)nc1-c1ccc(Oc2ccccc2)nc1. The number of hydrogen-bond donors (Lipinski definition) is 1. The first-order chi connectivity index (χ1) is 14.4. The fraction of sp³-hybridized carbons (Fsp3) is 0.364. The third-order valence-corrected chi connectivity index (χ3v) is 5.26. The topological polar surface area (TPSA) is 54.0 Å². The van der Waals surface area contributed by atoms with Crippen molar-refractivity contribution >= 4 is 0 Å². The van der Waals surface area contributed by atoms with E-state index in [0.29, 0.717) is 37.6 Å². The van der Waals surface area contributed by atoms with Crippen molar-refractivity contribution in [2.45, 2.75) is 31.9 Å². The van der Waals surface area contributed by atoms with E-state index in [1.807, 2.05) is 43.3 Å². The zero-order chi connectivity index (χ0) is 21.1. The number of likely N-dealkylation sites (tertiary alicyclic amines) is 1. The Bertz CT molecular complexity index is 962. The summed E-state index contributed by atoms with van der Waals surface area (Å²) in [6, 6.07) is 13.1. The molecule has 8 heteroatoms. The molecule has 0 spiro atoms. The quantitative estimate of drug-likeness (QED) is 0.612. The Balaban J connectivity index is 1.42. The summed E-state index contributed by atoms with van der Waals surface area (Å²) in [5.41, 5.74) is 2.59. The Morgan fingerprint density at radius 3 is 2.47 bits per heavy atom. The summed E-state index contributed by atoms with van der Waals surface area (Å²) in [6.07, 6.45) is -1.11. The molecule has 0 aliphatic carbocycles. The number of piperidine rings is 1. The molecule has 1 aliphatic heterocycles. The summed E-state index contributed by atoms with van der Waals surface area (Å²) in [7, 11) is 0. The predicted octanol–water partition coefficient (Wildman–Crippen LogP) is 5.31. The lowest BCUT2D eigenvalue weighted by atomic mass is 9.96. The van der Waals surface area contributed by atoms with E-state index in [9.17, 15) is 13.2 Å². The molecule has 1 aromatic carbocycles. The van der Waals surface area contributed by atoms with Gasteiger partial charge in [0.15, 0.2) is 0 Å². The van der Waals surface area contributed by atoms with Gasteiger partial charge in [-0.05, 0) is 51.1 Å². The van der Waals surface area contributed by atoms with Crippen LogP contribution in [0.1, 0.15) is 30.3 Å². The predicted molar refractivity (Wildman–Crippen MR) is 108 cm³/mol. The maximum absolute atomic E-state index is 12.6. The highest BCUT2D eigenvalue weighted by atomic mass is 19.4. The number of imidazole rings is 1. The molecule has 30 heavy (non-hydrogen) atoms. The number of benzene rings is 1. The van der Waals surface area contributed by atoms with Gasteiger partial charge in [0.2, 0.25) is 5.88 Å². The van der Waals surface area contributed by atoms with Crippen LogP contribution in [0.4, 0.5) is 13.2 Å². The third kappa shape index (κ3) is 4.99. The Morgan fingerprint density at radius 2 is 1.83 bits per heavy atom. The smallest absolute Gasteiger partial charge is 0.401 e. The minimum Gasteiger partial charge on any atom is -0.439 e. The Hall–Kier alpha value is -2.87. The summed E-state index contributed by atoms with van der Waals surface area (Å²) in [5.74, 6) is 2.18. The molecule has 0 radical (unpaired) electrons. The van der Waals surface area contributed by atoms with Crippen molar-refractivity contribution in [3.63, 3.8) is 0 Å². The molecule has 0 unspecified atom stereocenters. The van der Waals surface area contributed by atoms with Crippen LogP contribution in [0.15, 0.2) is 48.7 Å². The summed E-state index contributed by atoms with van der Waals surface area (Å²) in [4.78, 5) is 13.9. The Morgan fingerprint density at radius 1 is 1.10 bits per heavy atom. The lowest BCUT2D eigenvalue weighted by Crippen LogP contribution is -2.39. The monoisotopic (exact) mass is 416 g/mol. The lowest BCUT2D eigenvalue weighted by molar-refractivity contribution is -0.148. The van der Waals surface area contributed by atoms with Gasteiger partial charge in [0.25, 0.3) is 0 Å². The highest BCUT2D eigenvalue weighted by Gasteiger charge is 2.33. The number of hydrogen-bond acceptors (Lipinski definition) is 4. The van der Waals surface area contributed by atoms with Gasteiger partial charge >= 0.3 is 6.18 Å². The van der Waals surface area contributed by atoms with Crippen LogP contribution in [0.5, 0.6) is 11.6 Å². The molecule has 1 N–H and O–H groups in total. The molecule has 2 aromatic heterocycles. The highest BCUT2D eigenvalue weighted by molar-refractivity contribution is 5.61. The number of nitrogens with zero attached hydrogens (tertiary/aromatic N) is 3. The van der Waals surface area contributed by atoms with E-state index in [-0.39, 0.29) is 5.92 Å². The normalized spacial score (nSPS) is 16.0. The molecule has 0 bridgehead atoms. The van der Waals surface area contributed by atoms with Crippen LogP contribution in [-0.4, -0.2) is 45.7 Å². The summed E-state index contributed by atoms with van der Waals surface area (Å²) >= 11 is 0. The molecule has 158 valence electrons. The number of aryl methyl sites for hydroxylation is 1. The number of halogens is 3. The average molecular weight is 416 g/mol. The average Bonchev–Trinajstić information content (AvgIpc) is 3.10. The maximum Gasteiger partial charge on any atom is 0.401 e. The molecule has 0 saturated carbocycles. The standard InChI is InChI=1S/C22H23F3N4O/c1-15-20(17-7-8-19(26-13-17)30-18-5-3-2-4-6-18)28-21(27-15)16-9-11-29(12-10-16)14-22(23,24)25/h2-8,13,16H,9-12,14H2,1H3,(H,27,28). The van der Waals surface area contributed by atoms with Crippen molar-refractivity contribution < 1.29 is 17.9 Å². The van der Waals surface area contributed by atoms with E-state index in [2.05, 4.69) is 9.97 Å². The molecular formula is C22H23F3N4O. The second-order valence-electron chi connectivity index (χ2n) is 7.56. The van der Waals surface area contributed by atoms with Crippen LogP contribution in [0.25, 0.3) is 11.3 Å². The number of nitrogens with one attached hydrogen (secondary N) is 1. The first kappa shape index (κ1) is 20.4. The zero-order valence-corrected chi connectivity index (χ0v) is 16.6. The molecule has 0 atom stereocenters. The van der Waals surface area contributed by atoms with Gasteiger partial charge < -0.3 is 9.72 Å². The van der Waals surface area contributed by atoms with Crippen LogP contribution in [0, 0.1) is 6.92 Å². The fourth-order valence-electron chi connectivity index (χ4n) is 3.77. The van der Waals surface area contributed by atoms with Crippen molar-refractivity contribution in [2.75, 3.05) is 19.6 Å². The van der Waals surface area contributed by atoms with Crippen molar-refractivity contribution in [1.29, 1.82) is 0 Å². The number of para-hydroxylation sites is 1. The largest absolute Gasteiger partial charge is 0.439 e. The summed E-state index contributed by atoms with van der Waals surface area (Å²) in [5, 5.41) is 0. The van der Waals surface area contributed by atoms with Crippen molar-refractivity contribution in [3.8, 4) is 22.9 Å². The molecule has 5 nitrogen and oxygen atoms in total. The minimum atomic E-state index is -4.15. The van der Waals surface area contributed by atoms with E-state index >= 15 is 0 Å². The van der Waals surface area contributed by atoms with Crippen LogP contribution >= 0.6 is 0 Å². The highest BCUT2D eigenvalue weighted by Crippen LogP contribution is 2.31. The van der Waals surface area contributed by atoms with Crippen molar-refractivity contribution in [2.24, 2.45) is 0 Å². The second-order valence-corrected chi connectivity index (χ2v) is 7.56. The zero-order valence-electron chi connectivity index (χ0n) is 16.6. The molecule has 3 heterocycles. The van der Waals surface area contributed by atoms with Crippen molar-refractivity contribution in [1.82, 2.24) is 19.9 Å². The van der Waals surface area contributed by atoms with E-state index in [0.717, 1.165) is 22.8 Å². The molecule has 0 amide bonds. The Labute approximate surface area is 172 Å². The number of aromatic amines is 1. The second kappa shape index (κ2) is 8.47. The van der Waals surface area contributed by atoms with Gasteiger partial charge in [0.05, 0.1) is 12.2 Å². The maximum atomic E-state index is 12.6. The van der Waals surface area contributed by atoms with Crippen LogP contribution in [0.2, 0.25) is 0 Å². The number of ether oxygens (including phenoxy) is 1. The van der Waals surface area contributed by atoms with Gasteiger partial charge in [-0.3, -0.25) is 4.90 Å². The number of rotatable bonds is 5. The van der Waals surface area contributed by atoms with E-state index in [1.54, 1.807) is 12.3 Å². The third-order valence-electron chi connectivity index (χ3n) is 5.26. The van der Waals surface area contributed by atoms with Crippen molar-refractivity contribution in [3.05, 3.63) is 60.2 Å². The molecule has 1 fully saturated rings. The van der Waals surface area contributed by atoms with Gasteiger partial charge in [0, 0.05) is 29.4 Å². The van der Waals surface area contributed by atoms with E-state index < -0.39 is 12.7 Å². The van der Waals surface area contributed by atoms with Gasteiger partial charge in [0.1, 0.15) is 11.6 Å². The molecular weight excluding hydrogens is 393 g/mol. The first-order valence-electron chi connectivity index (χ1n) is 9.92. The van der Waals surface area contributed by atoms with Crippen LogP contribution in [0.3, 0.4) is 0 Å². The van der Waals surface area contributed by atoms with Crippen LogP contribution in [-0.2, 0) is 0 Å². The van der Waals surface area contributed by atoms with Gasteiger partial charge in [-0.1, -0.05) is 18.2 Å². The first-order valence-corrected chi connectivity index (χ1v) is 9.92. The van der Waals surface area contributed by atoms with Gasteiger partial charge in [-0.2, -0.15) is 13.2 Å². The summed E-state index contributed by atoms with van der Waals surface area (Å²) < 4.78 is 43.5. The van der Waals surface area contributed by atoms with E-state index in [4.69, 9.17) is 9.72 Å². The molecule has 4 rings (SSSR count). The molecule has 3 aromatic rings. The minimum absolute atomic E-state index is 0.135. The number of pyridine rings is 1. The van der Waals surface area contributed by atoms with Gasteiger partial charge in [-0.25, -0.2) is 9.97 Å². The van der Waals surface area contributed by atoms with Gasteiger partial charge in [-0.15, -0.1) is 0 Å². The summed E-state index contributed by atoms with van der Waals surface area (Å²) in [6.45, 7) is 1.95. The molecule has 1 saturated heterocycles. The number of aromatic nitrogens is 3. The van der Waals surface area contributed by atoms with Crippen LogP contribution < -0.4 is 4.74 Å².